The van der Waals surface area contributed by atoms with Gasteiger partial charge in [-0.05, 0) is 69.6 Å². The number of hydrogen-bond acceptors (Lipinski definition) is 3. The van der Waals surface area contributed by atoms with E-state index in [1.165, 1.54) is 0 Å². The second-order valence-electron chi connectivity index (χ2n) is 8.65. The number of aromatic nitrogens is 2. The quantitative estimate of drug-likeness (QED) is 0.457. The summed E-state index contributed by atoms with van der Waals surface area (Å²) in [4.78, 5) is 16.8. The molecule has 0 aliphatic carbocycles. The van der Waals surface area contributed by atoms with Crippen LogP contribution in [-0.2, 0) is 10.3 Å². The van der Waals surface area contributed by atoms with E-state index in [0.29, 0.717) is 5.56 Å². The van der Waals surface area contributed by atoms with Crippen molar-refractivity contribution in [1.82, 2.24) is 9.55 Å². The number of benzene rings is 1. The minimum Gasteiger partial charge on any atom is -0.456 e. The first kappa shape index (κ1) is 19.6. The molecule has 0 N–H and O–H groups in total. The summed E-state index contributed by atoms with van der Waals surface area (Å²) in [6, 6.07) is 9.84. The van der Waals surface area contributed by atoms with Gasteiger partial charge in [-0.25, -0.2) is 4.79 Å². The number of pyridine rings is 1. The molecule has 0 saturated carbocycles. The Balaban J connectivity index is 2.07. The van der Waals surface area contributed by atoms with Crippen LogP contribution in [0.4, 0.5) is 0 Å². The Hall–Kier alpha value is -2.14. The largest absolute Gasteiger partial charge is 0.456 e. The summed E-state index contributed by atoms with van der Waals surface area (Å²) in [5, 5.41) is 1.14. The van der Waals surface area contributed by atoms with Crippen LogP contribution in [0.1, 0.15) is 51.9 Å². The zero-order valence-corrected chi connectivity index (χ0v) is 18.2. The van der Waals surface area contributed by atoms with Gasteiger partial charge < -0.3 is 9.30 Å². The molecule has 0 amide bonds. The topological polar surface area (TPSA) is 44.1 Å². The number of halogens is 1. The van der Waals surface area contributed by atoms with Crippen LogP contribution >= 0.6 is 15.9 Å². The molecule has 0 saturated heterocycles. The monoisotopic (exact) mass is 428 g/mol. The van der Waals surface area contributed by atoms with Gasteiger partial charge in [-0.15, -0.1) is 0 Å². The molecule has 0 aliphatic heterocycles. The number of para-hydroxylation sites is 1. The predicted molar refractivity (Wildman–Crippen MR) is 113 cm³/mol. The lowest BCUT2D eigenvalue weighted by Crippen LogP contribution is -2.23. The van der Waals surface area contributed by atoms with Gasteiger partial charge in [0.1, 0.15) is 5.60 Å². The normalized spacial score (nSPS) is 12.4. The van der Waals surface area contributed by atoms with Crippen molar-refractivity contribution in [3.05, 3.63) is 52.8 Å². The van der Waals surface area contributed by atoms with Crippen molar-refractivity contribution < 1.29 is 9.53 Å². The van der Waals surface area contributed by atoms with Gasteiger partial charge in [0.15, 0.2) is 0 Å². The highest BCUT2D eigenvalue weighted by Gasteiger charge is 2.21. The van der Waals surface area contributed by atoms with Gasteiger partial charge in [0.25, 0.3) is 0 Å². The van der Waals surface area contributed by atoms with E-state index in [-0.39, 0.29) is 11.5 Å². The molecule has 2 aromatic heterocycles. The van der Waals surface area contributed by atoms with E-state index in [2.05, 4.69) is 64.6 Å². The minimum absolute atomic E-state index is 0.0726. The van der Waals surface area contributed by atoms with Crippen molar-refractivity contribution >= 4 is 32.8 Å². The third-order valence-electron chi connectivity index (χ3n) is 4.17. The van der Waals surface area contributed by atoms with Gasteiger partial charge in [0, 0.05) is 33.4 Å². The van der Waals surface area contributed by atoms with Crippen molar-refractivity contribution in [3.8, 4) is 11.3 Å². The van der Waals surface area contributed by atoms with Crippen LogP contribution in [0.5, 0.6) is 0 Å². The molecule has 0 atom stereocenters. The SMILES string of the molecule is CC(C)(C)OC(=O)c1ccc(-c2cccc3c(Br)cn(C(C)(C)C)c23)nc1. The van der Waals surface area contributed by atoms with Gasteiger partial charge in [-0.1, -0.05) is 18.2 Å². The van der Waals surface area contributed by atoms with E-state index < -0.39 is 5.60 Å². The average molecular weight is 429 g/mol. The first-order valence-corrected chi connectivity index (χ1v) is 9.76. The van der Waals surface area contributed by atoms with Crippen LogP contribution < -0.4 is 0 Å². The molecule has 0 bridgehead atoms. The Morgan fingerprint density at radius 3 is 2.33 bits per heavy atom. The van der Waals surface area contributed by atoms with Crippen molar-refractivity contribution in [3.63, 3.8) is 0 Å². The van der Waals surface area contributed by atoms with Crippen LogP contribution in [0.15, 0.2) is 47.2 Å². The lowest BCUT2D eigenvalue weighted by molar-refractivity contribution is 0.00691. The number of carbonyl (C=O) groups is 1. The Kier molecular flexibility index (Phi) is 4.93. The third kappa shape index (κ3) is 4.08. The number of fused-ring (bicyclic) bond motifs is 1. The zero-order valence-electron chi connectivity index (χ0n) is 16.6. The van der Waals surface area contributed by atoms with E-state index in [0.717, 1.165) is 26.6 Å². The molecular formula is C22H25BrN2O2. The number of carbonyl (C=O) groups excluding carboxylic acids is 1. The average Bonchev–Trinajstić information content (AvgIpc) is 2.91. The number of nitrogens with zero attached hydrogens (tertiary/aromatic N) is 2. The molecule has 5 heteroatoms. The maximum atomic E-state index is 12.2. The molecule has 2 heterocycles. The van der Waals surface area contributed by atoms with Gasteiger partial charge in [-0.2, -0.15) is 0 Å². The smallest absolute Gasteiger partial charge is 0.340 e. The molecule has 0 radical (unpaired) electrons. The summed E-state index contributed by atoms with van der Waals surface area (Å²) in [5.41, 5.74) is 2.83. The summed E-state index contributed by atoms with van der Waals surface area (Å²) in [5.74, 6) is -0.361. The Bertz CT molecular complexity index is 990. The first-order valence-electron chi connectivity index (χ1n) is 8.97. The number of ether oxygens (including phenoxy) is 1. The maximum Gasteiger partial charge on any atom is 0.340 e. The van der Waals surface area contributed by atoms with Crippen LogP contribution in [-0.4, -0.2) is 21.1 Å². The lowest BCUT2D eigenvalue weighted by Gasteiger charge is -2.24. The summed E-state index contributed by atoms with van der Waals surface area (Å²) in [6.45, 7) is 12.1. The Morgan fingerprint density at radius 1 is 1.07 bits per heavy atom. The van der Waals surface area contributed by atoms with E-state index >= 15 is 0 Å². The van der Waals surface area contributed by atoms with Crippen LogP contribution in [0.2, 0.25) is 0 Å². The summed E-state index contributed by atoms with van der Waals surface area (Å²) in [7, 11) is 0. The third-order valence-corrected chi connectivity index (χ3v) is 4.81. The van der Waals surface area contributed by atoms with Gasteiger partial charge in [-0.3, -0.25) is 4.98 Å². The van der Waals surface area contributed by atoms with Crippen molar-refractivity contribution in [2.75, 3.05) is 0 Å². The second kappa shape index (κ2) is 6.79. The number of rotatable bonds is 2. The molecule has 4 nitrogen and oxygen atoms in total. The molecule has 0 fully saturated rings. The Labute approximate surface area is 168 Å². The predicted octanol–water partition coefficient (Wildman–Crippen LogP) is 6.18. The first-order chi connectivity index (χ1) is 12.5. The Morgan fingerprint density at radius 2 is 1.78 bits per heavy atom. The zero-order chi connectivity index (χ0) is 20.0. The summed E-state index contributed by atoms with van der Waals surface area (Å²) in [6.07, 6.45) is 3.70. The molecular weight excluding hydrogens is 404 g/mol. The number of hydrogen-bond donors (Lipinski definition) is 0. The molecule has 3 aromatic rings. The molecule has 0 spiro atoms. The summed E-state index contributed by atoms with van der Waals surface area (Å²) >= 11 is 3.67. The standard InChI is InChI=1S/C22H25BrN2O2/c1-21(2,3)25-13-17(23)15-8-7-9-16(19(15)25)18-11-10-14(12-24-18)20(26)27-22(4,5)6/h7-13H,1-6H3. The lowest BCUT2D eigenvalue weighted by atomic mass is 10.0. The highest BCUT2D eigenvalue weighted by Crippen LogP contribution is 2.36. The van der Waals surface area contributed by atoms with Gasteiger partial charge in [0.2, 0.25) is 0 Å². The van der Waals surface area contributed by atoms with Crippen molar-refractivity contribution in [1.29, 1.82) is 0 Å². The molecule has 1 aromatic carbocycles. The van der Waals surface area contributed by atoms with Crippen molar-refractivity contribution in [2.45, 2.75) is 52.7 Å². The minimum atomic E-state index is -0.527. The van der Waals surface area contributed by atoms with Gasteiger partial charge >= 0.3 is 5.97 Å². The highest BCUT2D eigenvalue weighted by atomic mass is 79.9. The van der Waals surface area contributed by atoms with E-state index in [4.69, 9.17) is 4.74 Å². The molecule has 142 valence electrons. The highest BCUT2D eigenvalue weighted by molar-refractivity contribution is 9.10. The maximum absolute atomic E-state index is 12.2. The van der Waals surface area contributed by atoms with Crippen LogP contribution in [0, 0.1) is 0 Å². The molecule has 0 unspecified atom stereocenters. The molecule has 0 aliphatic rings. The van der Waals surface area contributed by atoms with Crippen LogP contribution in [0.3, 0.4) is 0 Å². The van der Waals surface area contributed by atoms with E-state index in [1.807, 2.05) is 32.9 Å². The van der Waals surface area contributed by atoms with Crippen molar-refractivity contribution in [2.24, 2.45) is 0 Å². The van der Waals surface area contributed by atoms with Crippen LogP contribution in [0.25, 0.3) is 22.2 Å². The second-order valence-corrected chi connectivity index (χ2v) is 9.51. The fourth-order valence-corrected chi connectivity index (χ4v) is 3.51. The van der Waals surface area contributed by atoms with Gasteiger partial charge in [0.05, 0.1) is 16.8 Å². The summed E-state index contributed by atoms with van der Waals surface area (Å²) < 4.78 is 8.73. The molecule has 3 rings (SSSR count). The molecule has 27 heavy (non-hydrogen) atoms. The fraction of sp³-hybridized carbons (Fsp3) is 0.364. The fourth-order valence-electron chi connectivity index (χ4n) is 2.99. The van der Waals surface area contributed by atoms with E-state index in [1.54, 1.807) is 12.3 Å². The number of esters is 1. The van der Waals surface area contributed by atoms with E-state index in [9.17, 15) is 4.79 Å².